The van der Waals surface area contributed by atoms with Gasteiger partial charge >= 0.3 is 5.97 Å². The van der Waals surface area contributed by atoms with E-state index in [-0.39, 0.29) is 5.92 Å². The minimum Gasteiger partial charge on any atom is -0.425 e. The molecule has 2 atom stereocenters. The Balaban J connectivity index is 1.84. The molecule has 0 fully saturated rings. The maximum atomic E-state index is 12.5. The minimum absolute atomic E-state index is 0.246. The summed E-state index contributed by atoms with van der Waals surface area (Å²) in [7, 11) is 0. The first-order valence-corrected chi connectivity index (χ1v) is 9.66. The molecule has 2 aromatic rings. The highest BCUT2D eigenvalue weighted by atomic mass is 32.2. The molecule has 4 rings (SSSR count). The van der Waals surface area contributed by atoms with Crippen LogP contribution in [0.25, 0.3) is 6.08 Å². The van der Waals surface area contributed by atoms with Crippen molar-refractivity contribution in [2.75, 3.05) is 11.5 Å². The molecule has 0 aliphatic carbocycles. The Morgan fingerprint density at radius 3 is 2.42 bits per heavy atom. The third-order valence-corrected chi connectivity index (χ3v) is 5.73. The van der Waals surface area contributed by atoms with Crippen LogP contribution in [0, 0.1) is 17.2 Å². The van der Waals surface area contributed by atoms with E-state index in [1.165, 1.54) is 0 Å². The van der Waals surface area contributed by atoms with Crippen LogP contribution in [0.5, 0.6) is 0 Å². The SMILES string of the molecule is N#CC1C(=O)OC2=C(CSC/C2=C\c2ccccc2)C1c1ccccc1. The zero-order chi connectivity index (χ0) is 17.9. The van der Waals surface area contributed by atoms with Crippen LogP contribution in [-0.2, 0) is 9.53 Å². The molecule has 2 aliphatic rings. The lowest BCUT2D eigenvalue weighted by Gasteiger charge is -2.34. The number of benzene rings is 2. The van der Waals surface area contributed by atoms with Gasteiger partial charge in [-0.05, 0) is 22.8 Å². The molecule has 0 bridgehead atoms. The van der Waals surface area contributed by atoms with E-state index < -0.39 is 11.9 Å². The molecule has 128 valence electrons. The van der Waals surface area contributed by atoms with E-state index in [1.807, 2.05) is 60.7 Å². The lowest BCUT2D eigenvalue weighted by atomic mass is 9.78. The maximum absolute atomic E-state index is 12.5. The van der Waals surface area contributed by atoms with Gasteiger partial charge in [-0.2, -0.15) is 17.0 Å². The number of ether oxygens (including phenoxy) is 1. The number of hydrogen-bond acceptors (Lipinski definition) is 4. The van der Waals surface area contributed by atoms with E-state index in [9.17, 15) is 10.1 Å². The van der Waals surface area contributed by atoms with Crippen molar-refractivity contribution in [2.24, 2.45) is 5.92 Å². The monoisotopic (exact) mass is 359 g/mol. The largest absolute Gasteiger partial charge is 0.425 e. The lowest BCUT2D eigenvalue weighted by Crippen LogP contribution is -2.33. The van der Waals surface area contributed by atoms with Crippen molar-refractivity contribution in [2.45, 2.75) is 5.92 Å². The summed E-state index contributed by atoms with van der Waals surface area (Å²) in [6.07, 6.45) is 2.07. The molecule has 3 nitrogen and oxygen atoms in total. The van der Waals surface area contributed by atoms with Crippen LogP contribution in [0.15, 0.2) is 77.6 Å². The van der Waals surface area contributed by atoms with E-state index in [1.54, 1.807) is 11.8 Å². The quantitative estimate of drug-likeness (QED) is 0.738. The summed E-state index contributed by atoms with van der Waals surface area (Å²) in [4.78, 5) is 12.5. The van der Waals surface area contributed by atoms with Gasteiger partial charge in [-0.1, -0.05) is 60.7 Å². The molecule has 0 N–H and O–H groups in total. The fourth-order valence-corrected chi connectivity index (χ4v) is 4.58. The zero-order valence-corrected chi connectivity index (χ0v) is 14.9. The van der Waals surface area contributed by atoms with Crippen LogP contribution >= 0.6 is 11.8 Å². The fourth-order valence-electron chi connectivity index (χ4n) is 3.51. The number of carbonyl (C=O) groups is 1. The van der Waals surface area contributed by atoms with Gasteiger partial charge < -0.3 is 4.74 Å². The van der Waals surface area contributed by atoms with Crippen molar-refractivity contribution in [3.8, 4) is 6.07 Å². The Morgan fingerprint density at radius 1 is 1.04 bits per heavy atom. The highest BCUT2D eigenvalue weighted by Crippen LogP contribution is 2.45. The van der Waals surface area contributed by atoms with Gasteiger partial charge in [0.15, 0.2) is 5.92 Å². The van der Waals surface area contributed by atoms with Crippen LogP contribution in [-0.4, -0.2) is 17.5 Å². The fraction of sp³-hybridized carbons (Fsp3) is 0.182. The first-order chi connectivity index (χ1) is 12.8. The normalized spacial score (nSPS) is 24.0. The number of esters is 1. The second-order valence-corrected chi connectivity index (χ2v) is 7.33. The van der Waals surface area contributed by atoms with Crippen molar-refractivity contribution >= 4 is 23.8 Å². The molecule has 2 unspecified atom stereocenters. The number of nitriles is 1. The molecule has 0 saturated carbocycles. The van der Waals surface area contributed by atoms with Crippen molar-refractivity contribution < 1.29 is 9.53 Å². The summed E-state index contributed by atoms with van der Waals surface area (Å²) in [5, 5.41) is 9.59. The molecule has 4 heteroatoms. The Labute approximate surface area is 157 Å². The number of rotatable bonds is 2. The van der Waals surface area contributed by atoms with Gasteiger partial charge in [-0.25, -0.2) is 0 Å². The molecule has 2 heterocycles. The van der Waals surface area contributed by atoms with Gasteiger partial charge in [0.25, 0.3) is 0 Å². The Kier molecular flexibility index (Phi) is 4.64. The van der Waals surface area contributed by atoms with E-state index in [4.69, 9.17) is 4.74 Å². The van der Waals surface area contributed by atoms with E-state index >= 15 is 0 Å². The number of allylic oxidation sites excluding steroid dienone is 1. The number of carbonyl (C=O) groups excluding carboxylic acids is 1. The van der Waals surface area contributed by atoms with Gasteiger partial charge in [0.2, 0.25) is 0 Å². The third-order valence-electron chi connectivity index (χ3n) is 4.70. The standard InChI is InChI=1S/C22H17NO2S/c23-12-18-20(16-9-5-2-6-10-16)19-14-26-13-17(21(19)25-22(18)24)11-15-7-3-1-4-8-15/h1-11,18,20H,13-14H2/b17-11+. The highest BCUT2D eigenvalue weighted by molar-refractivity contribution is 7.99. The van der Waals surface area contributed by atoms with Crippen LogP contribution < -0.4 is 0 Å². The van der Waals surface area contributed by atoms with Crippen molar-refractivity contribution in [1.29, 1.82) is 5.26 Å². The van der Waals surface area contributed by atoms with E-state index in [0.29, 0.717) is 5.76 Å². The molecular formula is C22H17NO2S. The molecule has 0 saturated heterocycles. The van der Waals surface area contributed by atoms with E-state index in [2.05, 4.69) is 12.1 Å². The van der Waals surface area contributed by atoms with Crippen LogP contribution in [0.2, 0.25) is 0 Å². The highest BCUT2D eigenvalue weighted by Gasteiger charge is 2.42. The van der Waals surface area contributed by atoms with Crippen LogP contribution in [0.4, 0.5) is 0 Å². The maximum Gasteiger partial charge on any atom is 0.329 e. The summed E-state index contributed by atoms with van der Waals surface area (Å²) < 4.78 is 5.67. The summed E-state index contributed by atoms with van der Waals surface area (Å²) in [5.41, 5.74) is 4.12. The Hall–Kier alpha value is -2.77. The third kappa shape index (κ3) is 3.07. The predicted molar refractivity (Wildman–Crippen MR) is 103 cm³/mol. The molecule has 0 spiro atoms. The molecule has 2 aromatic carbocycles. The number of thioether (sulfide) groups is 1. The Bertz CT molecular complexity index is 926. The van der Waals surface area contributed by atoms with Gasteiger partial charge in [-0.3, -0.25) is 4.79 Å². The van der Waals surface area contributed by atoms with Gasteiger partial charge in [-0.15, -0.1) is 0 Å². The van der Waals surface area contributed by atoms with Gasteiger partial charge in [0, 0.05) is 23.0 Å². The first kappa shape index (κ1) is 16.7. The number of nitrogens with zero attached hydrogens (tertiary/aromatic N) is 1. The molecule has 0 aromatic heterocycles. The second kappa shape index (κ2) is 7.23. The lowest BCUT2D eigenvalue weighted by molar-refractivity contribution is -0.143. The minimum atomic E-state index is -0.798. The summed E-state index contributed by atoms with van der Waals surface area (Å²) in [6, 6.07) is 22.0. The van der Waals surface area contributed by atoms with Gasteiger partial charge in [0.05, 0.1) is 6.07 Å². The molecule has 0 amide bonds. The summed E-state index contributed by atoms with van der Waals surface area (Å²) in [6.45, 7) is 0. The summed E-state index contributed by atoms with van der Waals surface area (Å²) in [5.74, 6) is 0.729. The van der Waals surface area contributed by atoms with Crippen molar-refractivity contribution in [3.05, 3.63) is 88.7 Å². The van der Waals surface area contributed by atoms with Gasteiger partial charge in [0.1, 0.15) is 5.76 Å². The van der Waals surface area contributed by atoms with Crippen LogP contribution in [0.1, 0.15) is 17.0 Å². The molecule has 2 aliphatic heterocycles. The van der Waals surface area contributed by atoms with Crippen molar-refractivity contribution in [3.63, 3.8) is 0 Å². The number of hydrogen-bond donors (Lipinski definition) is 0. The molecule has 0 radical (unpaired) electrons. The zero-order valence-electron chi connectivity index (χ0n) is 14.1. The van der Waals surface area contributed by atoms with Crippen LogP contribution in [0.3, 0.4) is 0 Å². The second-order valence-electron chi connectivity index (χ2n) is 6.34. The topological polar surface area (TPSA) is 50.1 Å². The smallest absolute Gasteiger partial charge is 0.329 e. The molecular weight excluding hydrogens is 342 g/mol. The molecule has 26 heavy (non-hydrogen) atoms. The average molecular weight is 359 g/mol. The summed E-state index contributed by atoms with van der Waals surface area (Å²) >= 11 is 1.79. The first-order valence-electron chi connectivity index (χ1n) is 8.51. The van der Waals surface area contributed by atoms with Crippen molar-refractivity contribution in [1.82, 2.24) is 0 Å². The predicted octanol–water partition coefficient (Wildman–Crippen LogP) is 4.55. The van der Waals surface area contributed by atoms with E-state index in [0.717, 1.165) is 33.8 Å². The Morgan fingerprint density at radius 2 is 1.73 bits per heavy atom. The average Bonchev–Trinajstić information content (AvgIpc) is 2.69.